The van der Waals surface area contributed by atoms with E-state index in [9.17, 15) is 19.1 Å². The maximum Gasteiger partial charge on any atom is 0.358 e. The molecule has 0 unspecified atom stereocenters. The van der Waals surface area contributed by atoms with Gasteiger partial charge in [0.1, 0.15) is 11.5 Å². The van der Waals surface area contributed by atoms with Crippen molar-refractivity contribution in [3.63, 3.8) is 0 Å². The van der Waals surface area contributed by atoms with E-state index in [0.717, 1.165) is 17.5 Å². The molecule has 4 aromatic rings. The summed E-state index contributed by atoms with van der Waals surface area (Å²) < 4.78 is 13.2. The van der Waals surface area contributed by atoms with E-state index in [-0.39, 0.29) is 23.0 Å². The van der Waals surface area contributed by atoms with Gasteiger partial charge in [-0.2, -0.15) is 0 Å². The van der Waals surface area contributed by atoms with Crippen molar-refractivity contribution in [3.05, 3.63) is 59.4 Å². The summed E-state index contributed by atoms with van der Waals surface area (Å²) in [7, 11) is 3.38. The second-order valence-corrected chi connectivity index (χ2v) is 7.16. The topological polar surface area (TPSA) is 138 Å². The van der Waals surface area contributed by atoms with E-state index in [1.807, 2.05) is 0 Å². The fourth-order valence-corrected chi connectivity index (χ4v) is 3.12. The molecule has 0 radical (unpaired) electrons. The molecule has 0 aliphatic heterocycles. The largest absolute Gasteiger partial charge is 0.476 e. The van der Waals surface area contributed by atoms with Crippen molar-refractivity contribution in [2.75, 3.05) is 19.8 Å². The molecule has 3 heterocycles. The van der Waals surface area contributed by atoms with Crippen molar-refractivity contribution in [1.82, 2.24) is 24.8 Å². The van der Waals surface area contributed by atoms with E-state index in [4.69, 9.17) is 17.3 Å². The molecule has 164 valence electrons. The van der Waals surface area contributed by atoms with Crippen LogP contribution in [0.2, 0.25) is 5.02 Å². The number of carboxylic acids is 1. The Hall–Kier alpha value is -4.05. The molecule has 1 aromatic carbocycles. The molecule has 9 nitrogen and oxygen atoms in total. The minimum absolute atomic E-state index is 0.190. The van der Waals surface area contributed by atoms with Crippen LogP contribution in [0.25, 0.3) is 33.4 Å². The first-order valence-electron chi connectivity index (χ1n) is 9.12. The number of nitrogen functional groups attached to an aromatic ring is 1. The highest BCUT2D eigenvalue weighted by Gasteiger charge is 2.19. The molecule has 0 atom stereocenters. The number of aromatic amines is 1. The summed E-state index contributed by atoms with van der Waals surface area (Å²) >= 11 is 6.59. The number of pyridine rings is 1. The van der Waals surface area contributed by atoms with Gasteiger partial charge in [0.25, 0.3) is 0 Å². The Morgan fingerprint density at radius 1 is 1.19 bits per heavy atom. The molecular weight excluding hydrogens is 439 g/mol. The zero-order valence-electron chi connectivity index (χ0n) is 17.0. The van der Waals surface area contributed by atoms with Gasteiger partial charge in [0.15, 0.2) is 11.5 Å². The van der Waals surface area contributed by atoms with Crippen LogP contribution in [0.1, 0.15) is 10.5 Å². The average molecular weight is 457 g/mol. The summed E-state index contributed by atoms with van der Waals surface area (Å²) in [6.45, 7) is 0. The van der Waals surface area contributed by atoms with E-state index in [1.54, 1.807) is 32.4 Å². The summed E-state index contributed by atoms with van der Waals surface area (Å²) in [6, 6.07) is 5.97. The highest BCUT2D eigenvalue weighted by Crippen LogP contribution is 2.38. The van der Waals surface area contributed by atoms with Gasteiger partial charge in [-0.25, -0.2) is 24.1 Å². The molecule has 0 aliphatic rings. The number of H-pyrrole nitrogens is 1. The van der Waals surface area contributed by atoms with Crippen molar-refractivity contribution >= 4 is 40.8 Å². The number of nitrogens with one attached hydrogen (secondary N) is 1. The summed E-state index contributed by atoms with van der Waals surface area (Å²) in [6.07, 6.45) is 5.28. The number of nitrogens with zero attached hydrogens (tertiary/aromatic N) is 4. The normalized spacial score (nSPS) is 10.4. The average Bonchev–Trinajstić information content (AvgIpc) is 3.20. The van der Waals surface area contributed by atoms with Crippen LogP contribution in [0.3, 0.4) is 0 Å². The molecule has 4 N–H and O–H groups in total. The number of fused-ring (bicyclic) bond motifs is 1. The number of hydrogen-bond acceptors (Lipinski definition) is 6. The van der Waals surface area contributed by atoms with Gasteiger partial charge in [-0.3, -0.25) is 4.79 Å². The molecule has 1 amide bonds. The lowest BCUT2D eigenvalue weighted by atomic mass is 10.0. The number of benzene rings is 1. The van der Waals surface area contributed by atoms with Gasteiger partial charge in [-0.15, -0.1) is 0 Å². The third-order valence-electron chi connectivity index (χ3n) is 4.28. The number of hydrogen-bond donors (Lipinski definition) is 3. The van der Waals surface area contributed by atoms with E-state index < -0.39 is 5.97 Å². The fourth-order valence-electron chi connectivity index (χ4n) is 2.78. The lowest BCUT2D eigenvalue weighted by Gasteiger charge is -2.08. The van der Waals surface area contributed by atoms with Gasteiger partial charge in [0, 0.05) is 43.0 Å². The summed E-state index contributed by atoms with van der Waals surface area (Å²) in [5, 5.41) is 10.1. The Balaban J connectivity index is 0.000000523. The van der Waals surface area contributed by atoms with Gasteiger partial charge < -0.3 is 20.7 Å². The maximum absolute atomic E-state index is 13.2. The maximum atomic E-state index is 13.2. The van der Waals surface area contributed by atoms with Crippen molar-refractivity contribution < 1.29 is 19.1 Å². The number of anilines is 1. The fraction of sp³-hybridized carbons (Fsp3) is 0.0952. The van der Waals surface area contributed by atoms with E-state index in [2.05, 4.69) is 19.9 Å². The third kappa shape index (κ3) is 4.65. The van der Waals surface area contributed by atoms with E-state index >= 15 is 0 Å². The first-order chi connectivity index (χ1) is 15.2. The van der Waals surface area contributed by atoms with Gasteiger partial charge in [-0.05, 0) is 17.7 Å². The number of carboxylic acid groups (broad SMARTS) is 1. The quantitative estimate of drug-likeness (QED) is 0.399. The van der Waals surface area contributed by atoms with Crippen LogP contribution in [0.15, 0.2) is 42.9 Å². The molecule has 3 aromatic heterocycles. The van der Waals surface area contributed by atoms with Gasteiger partial charge in [-0.1, -0.05) is 23.7 Å². The summed E-state index contributed by atoms with van der Waals surface area (Å²) in [5.74, 6) is -1.83. The molecule has 0 spiro atoms. The van der Waals surface area contributed by atoms with Gasteiger partial charge in [0.2, 0.25) is 6.41 Å². The number of aromatic carboxylic acids is 1. The number of carbonyl (C=O) groups is 2. The molecule has 32 heavy (non-hydrogen) atoms. The zero-order chi connectivity index (χ0) is 23.4. The Bertz CT molecular complexity index is 1290. The number of nitrogens with two attached hydrogens (primary N) is 1. The van der Waals surface area contributed by atoms with Gasteiger partial charge >= 0.3 is 5.97 Å². The second-order valence-electron chi connectivity index (χ2n) is 6.78. The predicted octanol–water partition coefficient (Wildman–Crippen LogP) is 3.46. The smallest absolute Gasteiger partial charge is 0.358 e. The molecule has 0 fully saturated rings. The van der Waals surface area contributed by atoms with Crippen molar-refractivity contribution in [1.29, 1.82) is 0 Å². The lowest BCUT2D eigenvalue weighted by molar-refractivity contribution is -0.115. The number of rotatable bonds is 4. The van der Waals surface area contributed by atoms with Gasteiger partial charge in [0.05, 0.1) is 16.9 Å². The van der Waals surface area contributed by atoms with Crippen LogP contribution in [0, 0.1) is 5.82 Å². The van der Waals surface area contributed by atoms with Crippen LogP contribution in [-0.2, 0) is 4.79 Å². The van der Waals surface area contributed by atoms with Crippen LogP contribution >= 0.6 is 11.6 Å². The lowest BCUT2D eigenvalue weighted by Crippen LogP contribution is -2.08. The van der Waals surface area contributed by atoms with Crippen molar-refractivity contribution in [2.24, 2.45) is 0 Å². The molecular formula is C21H18ClFN6O3. The predicted molar refractivity (Wildman–Crippen MR) is 119 cm³/mol. The van der Waals surface area contributed by atoms with Crippen LogP contribution in [-0.4, -0.2) is 56.4 Å². The first-order valence-corrected chi connectivity index (χ1v) is 9.50. The Morgan fingerprint density at radius 3 is 2.44 bits per heavy atom. The molecule has 0 aliphatic carbocycles. The Labute approximate surface area is 186 Å². The second kappa shape index (κ2) is 9.40. The monoisotopic (exact) mass is 456 g/mol. The standard InChI is InChI=1S/C18H11ClFN5O2.C3H7NO/c19-14-11(12-7-22-16(21)15(25-12)18(26)27)6-24-17-13(14)10(5-23-17)8-1-3-9(20)4-2-8;1-4(2)3-5/h1-7H,(H2,21,22)(H,23,24)(H,26,27);3H,1-2H3. The number of amides is 1. The van der Waals surface area contributed by atoms with Crippen LogP contribution < -0.4 is 5.73 Å². The highest BCUT2D eigenvalue weighted by atomic mass is 35.5. The molecule has 4 rings (SSSR count). The SMILES string of the molecule is CN(C)C=O.Nc1ncc(-c2cnc3[nH]cc(-c4ccc(F)cc4)c3c2Cl)nc1C(=O)O. The minimum atomic E-state index is -1.29. The summed E-state index contributed by atoms with van der Waals surface area (Å²) in [4.78, 5) is 37.4. The zero-order valence-corrected chi connectivity index (χ0v) is 17.8. The van der Waals surface area contributed by atoms with E-state index in [0.29, 0.717) is 21.6 Å². The number of halogens is 2. The minimum Gasteiger partial charge on any atom is -0.476 e. The van der Waals surface area contributed by atoms with Crippen LogP contribution in [0.4, 0.5) is 10.2 Å². The molecule has 0 saturated heterocycles. The Morgan fingerprint density at radius 2 is 1.84 bits per heavy atom. The number of aromatic nitrogens is 4. The summed E-state index contributed by atoms with van der Waals surface area (Å²) in [5.41, 5.74) is 7.83. The van der Waals surface area contributed by atoms with E-state index in [1.165, 1.54) is 29.4 Å². The number of carbonyl (C=O) groups excluding carboxylic acids is 1. The van der Waals surface area contributed by atoms with Crippen LogP contribution in [0.5, 0.6) is 0 Å². The third-order valence-corrected chi connectivity index (χ3v) is 4.68. The highest BCUT2D eigenvalue weighted by molar-refractivity contribution is 6.39. The molecule has 0 bridgehead atoms. The Kier molecular flexibility index (Phi) is 6.64. The first kappa shape index (κ1) is 22.6. The molecule has 11 heteroatoms. The molecule has 0 saturated carbocycles. The van der Waals surface area contributed by atoms with Crippen molar-refractivity contribution in [3.8, 4) is 22.4 Å². The van der Waals surface area contributed by atoms with Crippen molar-refractivity contribution in [2.45, 2.75) is 0 Å².